The Morgan fingerprint density at radius 1 is 0.435 bits per heavy atom. The molecule has 0 unspecified atom stereocenters. The molecule has 4 nitrogen and oxygen atoms in total. The maximum Gasteiger partial charge on any atom is 0.0972 e. The van der Waals surface area contributed by atoms with Crippen molar-refractivity contribution >= 4 is 54.4 Å². The number of aryl methyl sites for hydroxylation is 4. The largest absolute Gasteiger partial charge is 0.307 e. The van der Waals surface area contributed by atoms with Crippen LogP contribution in [-0.4, -0.2) is 19.1 Å². The van der Waals surface area contributed by atoms with Crippen LogP contribution in [-0.2, 0) is 0 Å². The zero-order valence-corrected chi connectivity index (χ0v) is 26.2. The first-order chi connectivity index (χ1) is 22.5. The van der Waals surface area contributed by atoms with E-state index in [-0.39, 0.29) is 0 Å². The molecular formula is C42H30N4. The molecule has 0 spiro atoms. The van der Waals surface area contributed by atoms with E-state index in [9.17, 15) is 0 Å². The first kappa shape index (κ1) is 25.6. The average Bonchev–Trinajstić information content (AvgIpc) is 3.67. The van der Waals surface area contributed by atoms with Gasteiger partial charge in [-0.3, -0.25) is 9.97 Å². The van der Waals surface area contributed by atoms with Gasteiger partial charge in [-0.25, -0.2) is 0 Å². The summed E-state index contributed by atoms with van der Waals surface area (Å²) in [5.74, 6) is 0. The fraction of sp³-hybridized carbons (Fsp3) is 0.0952. The van der Waals surface area contributed by atoms with Crippen LogP contribution in [0, 0.1) is 27.7 Å². The normalized spacial score (nSPS) is 12.3. The molecule has 46 heavy (non-hydrogen) atoms. The summed E-state index contributed by atoms with van der Waals surface area (Å²) in [7, 11) is 0. The van der Waals surface area contributed by atoms with E-state index in [0.29, 0.717) is 0 Å². The number of fused-ring (bicyclic) bond motifs is 9. The Kier molecular flexibility index (Phi) is 4.96. The van der Waals surface area contributed by atoms with Crippen LogP contribution < -0.4 is 0 Å². The van der Waals surface area contributed by atoms with E-state index < -0.39 is 0 Å². The van der Waals surface area contributed by atoms with Crippen LogP contribution in [0.5, 0.6) is 0 Å². The second-order valence-electron chi connectivity index (χ2n) is 13.0. The summed E-state index contributed by atoms with van der Waals surface area (Å²) in [6, 6.07) is 36.5. The predicted octanol–water partition coefficient (Wildman–Crippen LogP) is 10.7. The van der Waals surface area contributed by atoms with Crippen molar-refractivity contribution in [2.75, 3.05) is 0 Å². The summed E-state index contributed by atoms with van der Waals surface area (Å²) < 4.78 is 4.99. The van der Waals surface area contributed by atoms with Gasteiger partial charge in [0, 0.05) is 55.8 Å². The highest BCUT2D eigenvalue weighted by atomic mass is 15.1. The van der Waals surface area contributed by atoms with Crippen LogP contribution in [0.25, 0.3) is 88.3 Å². The number of aromatic nitrogens is 4. The topological polar surface area (TPSA) is 35.6 Å². The van der Waals surface area contributed by atoms with Crippen molar-refractivity contribution in [3.05, 3.63) is 132 Å². The molecule has 0 saturated heterocycles. The Hall–Kier alpha value is -5.74. The second kappa shape index (κ2) is 8.92. The van der Waals surface area contributed by atoms with Gasteiger partial charge >= 0.3 is 0 Å². The van der Waals surface area contributed by atoms with Gasteiger partial charge in [0.2, 0.25) is 0 Å². The third-order valence-corrected chi connectivity index (χ3v) is 9.94. The number of benzene rings is 6. The molecule has 0 fully saturated rings. The van der Waals surface area contributed by atoms with E-state index in [2.05, 4.69) is 134 Å². The number of rotatable bonds is 2. The lowest BCUT2D eigenvalue weighted by Crippen LogP contribution is -2.05. The molecule has 218 valence electrons. The molecule has 0 amide bonds. The molecule has 0 N–H and O–H groups in total. The smallest absolute Gasteiger partial charge is 0.0972 e. The molecular weight excluding hydrogens is 560 g/mol. The molecule has 9 aromatic rings. The third kappa shape index (κ3) is 3.28. The van der Waals surface area contributed by atoms with Gasteiger partial charge < -0.3 is 9.13 Å². The maximum absolute atomic E-state index is 4.90. The molecule has 0 bridgehead atoms. The van der Waals surface area contributed by atoms with Gasteiger partial charge in [-0.1, -0.05) is 64.7 Å². The van der Waals surface area contributed by atoms with Crippen LogP contribution in [0.3, 0.4) is 0 Å². The molecule has 0 radical (unpaired) electrons. The van der Waals surface area contributed by atoms with Crippen molar-refractivity contribution in [1.82, 2.24) is 19.1 Å². The maximum atomic E-state index is 4.90. The zero-order valence-electron chi connectivity index (χ0n) is 26.2. The molecule has 0 aliphatic heterocycles. The first-order valence-corrected chi connectivity index (χ1v) is 15.9. The van der Waals surface area contributed by atoms with Crippen molar-refractivity contribution in [1.29, 1.82) is 0 Å². The summed E-state index contributed by atoms with van der Waals surface area (Å²) >= 11 is 0. The van der Waals surface area contributed by atoms with Crippen molar-refractivity contribution < 1.29 is 0 Å². The highest BCUT2D eigenvalue weighted by molar-refractivity contribution is 6.20. The lowest BCUT2D eigenvalue weighted by atomic mass is 10.00. The Morgan fingerprint density at radius 3 is 1.39 bits per heavy atom. The summed E-state index contributed by atoms with van der Waals surface area (Å²) in [6.45, 7) is 8.73. The van der Waals surface area contributed by atoms with Gasteiger partial charge in [0.1, 0.15) is 0 Å². The van der Waals surface area contributed by atoms with Crippen LogP contribution in [0.2, 0.25) is 0 Å². The number of hydrogen-bond acceptors (Lipinski definition) is 2. The third-order valence-electron chi connectivity index (χ3n) is 9.94. The molecule has 0 saturated carbocycles. The van der Waals surface area contributed by atoms with Crippen LogP contribution in [0.1, 0.15) is 22.3 Å². The molecule has 3 heterocycles. The van der Waals surface area contributed by atoms with Gasteiger partial charge in [-0.05, 0) is 82.3 Å². The van der Waals surface area contributed by atoms with Gasteiger partial charge in [0.25, 0.3) is 0 Å². The average molecular weight is 591 g/mol. The van der Waals surface area contributed by atoms with Crippen LogP contribution in [0.4, 0.5) is 0 Å². The SMILES string of the molecule is Cc1ccc2c(c1)c1cc(C)ccc1n2-c1cc2c3c(cccc3c1-n1c3ccc(C)cc3c3cc(C)ccc31)-c1nccnc1-2. The van der Waals surface area contributed by atoms with E-state index in [4.69, 9.17) is 9.97 Å². The minimum absolute atomic E-state index is 0.947. The predicted molar refractivity (Wildman–Crippen MR) is 192 cm³/mol. The van der Waals surface area contributed by atoms with Gasteiger partial charge in [0.05, 0.1) is 44.8 Å². The standard InChI is InChI=1S/C42H30N4/c1-23-8-12-34-29(18-23)30-19-24(2)9-13-35(30)45(34)38-22-33-39-27(40-41(33)44-17-16-43-40)6-5-7-28(39)42(38)46-36-14-10-25(3)20-31(36)32-21-26(4)11-15-37(32)46/h5-22H,1-4H3. The zero-order chi connectivity index (χ0) is 30.8. The minimum atomic E-state index is 0.947. The van der Waals surface area contributed by atoms with E-state index in [1.165, 1.54) is 82.3 Å². The van der Waals surface area contributed by atoms with Gasteiger partial charge in [-0.2, -0.15) is 0 Å². The Bertz CT molecular complexity index is 2670. The lowest BCUT2D eigenvalue weighted by Gasteiger charge is -2.20. The highest BCUT2D eigenvalue weighted by Crippen LogP contribution is 2.50. The molecule has 1 aliphatic rings. The molecule has 10 rings (SSSR count). The van der Waals surface area contributed by atoms with Crippen molar-refractivity contribution in [3.8, 4) is 33.9 Å². The number of nitrogens with zero attached hydrogens (tertiary/aromatic N) is 4. The fourth-order valence-corrected chi connectivity index (χ4v) is 7.98. The van der Waals surface area contributed by atoms with E-state index in [1.807, 2.05) is 6.20 Å². The highest BCUT2D eigenvalue weighted by Gasteiger charge is 2.29. The lowest BCUT2D eigenvalue weighted by molar-refractivity contribution is 1.11. The van der Waals surface area contributed by atoms with Crippen molar-refractivity contribution in [2.24, 2.45) is 0 Å². The van der Waals surface area contributed by atoms with Gasteiger partial charge in [0.15, 0.2) is 0 Å². The summed E-state index contributed by atoms with van der Waals surface area (Å²) in [4.78, 5) is 9.75. The summed E-state index contributed by atoms with van der Waals surface area (Å²) in [5, 5.41) is 7.48. The van der Waals surface area contributed by atoms with Crippen LogP contribution in [0.15, 0.2) is 109 Å². The Balaban J connectivity index is 1.48. The van der Waals surface area contributed by atoms with E-state index in [0.717, 1.165) is 28.2 Å². The monoisotopic (exact) mass is 590 g/mol. The second-order valence-corrected chi connectivity index (χ2v) is 13.0. The van der Waals surface area contributed by atoms with Crippen LogP contribution >= 0.6 is 0 Å². The fourth-order valence-electron chi connectivity index (χ4n) is 7.98. The molecule has 6 aromatic carbocycles. The Morgan fingerprint density at radius 2 is 0.891 bits per heavy atom. The Labute approximate surface area is 266 Å². The summed E-state index contributed by atoms with van der Waals surface area (Å²) in [5.41, 5.74) is 16.3. The molecule has 0 atom stereocenters. The van der Waals surface area contributed by atoms with Crippen molar-refractivity contribution in [3.63, 3.8) is 0 Å². The minimum Gasteiger partial charge on any atom is -0.307 e. The molecule has 4 heteroatoms. The summed E-state index contributed by atoms with van der Waals surface area (Å²) in [6.07, 6.45) is 3.62. The quantitative estimate of drug-likeness (QED) is 0.201. The van der Waals surface area contributed by atoms with Crippen molar-refractivity contribution in [2.45, 2.75) is 27.7 Å². The van der Waals surface area contributed by atoms with E-state index >= 15 is 0 Å². The molecule has 3 aromatic heterocycles. The first-order valence-electron chi connectivity index (χ1n) is 15.9. The van der Waals surface area contributed by atoms with E-state index in [1.54, 1.807) is 6.20 Å². The van der Waals surface area contributed by atoms with Gasteiger partial charge in [-0.15, -0.1) is 0 Å². The number of hydrogen-bond donors (Lipinski definition) is 0. The molecule has 1 aliphatic carbocycles.